The Bertz CT molecular complexity index is 400. The van der Waals surface area contributed by atoms with E-state index in [2.05, 4.69) is 47.2 Å². The minimum absolute atomic E-state index is 0.832. The minimum Gasteiger partial charge on any atom is -0.378 e. The number of pyridine rings is 1. The predicted octanol–water partition coefficient (Wildman–Crippen LogP) is 1.50. The Morgan fingerprint density at radius 1 is 1.41 bits per heavy atom. The lowest BCUT2D eigenvalue weighted by Crippen LogP contribution is -2.35. The van der Waals surface area contributed by atoms with Crippen molar-refractivity contribution >= 4 is 17.8 Å². The number of aromatic nitrogens is 1. The largest absolute Gasteiger partial charge is 0.378 e. The van der Waals surface area contributed by atoms with E-state index in [1.807, 2.05) is 6.07 Å². The Hall–Kier alpha value is -1.00. The monoisotopic (exact) mass is 251 g/mol. The van der Waals surface area contributed by atoms with Crippen molar-refractivity contribution in [3.63, 3.8) is 0 Å². The first-order chi connectivity index (χ1) is 8.31. The number of ether oxygens (including phenoxy) is 1. The summed E-state index contributed by atoms with van der Waals surface area (Å²) in [6.07, 6.45) is 6.45. The van der Waals surface area contributed by atoms with E-state index in [1.54, 1.807) is 11.8 Å². The second kappa shape index (κ2) is 6.07. The van der Waals surface area contributed by atoms with Crippen LogP contribution < -0.4 is 4.57 Å². The van der Waals surface area contributed by atoms with Gasteiger partial charge in [0.1, 0.15) is 7.05 Å². The molecule has 1 aliphatic heterocycles. The first-order valence-electron chi connectivity index (χ1n) is 5.84. The molecule has 0 radical (unpaired) electrons. The number of nitrogens with zero attached hydrogens (tertiary/aromatic N) is 2. The molecule has 1 aromatic rings. The van der Waals surface area contributed by atoms with Gasteiger partial charge in [-0.2, -0.15) is 0 Å². The summed E-state index contributed by atoms with van der Waals surface area (Å²) < 4.78 is 7.52. The lowest BCUT2D eigenvalue weighted by atomic mass is 10.3. The van der Waals surface area contributed by atoms with Gasteiger partial charge < -0.3 is 9.64 Å². The van der Waals surface area contributed by atoms with Gasteiger partial charge in [-0.3, -0.25) is 0 Å². The van der Waals surface area contributed by atoms with Crippen LogP contribution in [0.3, 0.4) is 0 Å². The molecule has 17 heavy (non-hydrogen) atoms. The van der Waals surface area contributed by atoms with E-state index in [4.69, 9.17) is 4.74 Å². The third kappa shape index (κ3) is 3.23. The number of thioether (sulfide) groups is 1. The molecule has 3 nitrogen and oxygen atoms in total. The second-order valence-corrected chi connectivity index (χ2v) is 4.85. The number of rotatable bonds is 3. The van der Waals surface area contributed by atoms with E-state index in [0.717, 1.165) is 26.3 Å². The van der Waals surface area contributed by atoms with Crippen LogP contribution in [0.15, 0.2) is 29.4 Å². The van der Waals surface area contributed by atoms with Crippen LogP contribution in [0.1, 0.15) is 5.69 Å². The first-order valence-corrected chi connectivity index (χ1v) is 7.07. The van der Waals surface area contributed by atoms with Crippen molar-refractivity contribution in [3.8, 4) is 0 Å². The molecule has 0 saturated carbocycles. The van der Waals surface area contributed by atoms with Crippen LogP contribution in [-0.2, 0) is 11.8 Å². The Balaban J connectivity index is 2.19. The van der Waals surface area contributed by atoms with E-state index < -0.39 is 0 Å². The molecule has 0 bridgehead atoms. The molecule has 1 saturated heterocycles. The standard InChI is InChI=1S/C13H19N2OS/c1-14-6-4-3-5-12(14)11-13(17-2)15-7-9-16-10-8-15/h3-6,11H,7-10H2,1-2H3/q+1. The Morgan fingerprint density at radius 3 is 2.82 bits per heavy atom. The first kappa shape index (κ1) is 12.5. The van der Waals surface area contributed by atoms with Crippen molar-refractivity contribution in [2.24, 2.45) is 7.05 Å². The molecule has 1 aromatic heterocycles. The number of hydrogen-bond acceptors (Lipinski definition) is 3. The summed E-state index contributed by atoms with van der Waals surface area (Å²) in [4.78, 5) is 2.39. The van der Waals surface area contributed by atoms with E-state index in [0.29, 0.717) is 0 Å². The Labute approximate surface area is 107 Å². The van der Waals surface area contributed by atoms with Gasteiger partial charge >= 0.3 is 0 Å². The highest BCUT2D eigenvalue weighted by Crippen LogP contribution is 2.20. The van der Waals surface area contributed by atoms with Crippen LogP contribution in [0, 0.1) is 0 Å². The van der Waals surface area contributed by atoms with Crippen molar-refractivity contribution in [2.75, 3.05) is 32.6 Å². The smallest absolute Gasteiger partial charge is 0.207 e. The van der Waals surface area contributed by atoms with Gasteiger partial charge in [-0.15, -0.1) is 11.8 Å². The third-order valence-corrected chi connectivity index (χ3v) is 3.69. The molecular formula is C13H19N2OS+. The molecule has 0 unspecified atom stereocenters. The van der Waals surface area contributed by atoms with Gasteiger partial charge in [-0.25, -0.2) is 4.57 Å². The van der Waals surface area contributed by atoms with Crippen LogP contribution in [0.5, 0.6) is 0 Å². The molecule has 1 aliphatic rings. The molecule has 2 rings (SSSR count). The highest BCUT2D eigenvalue weighted by Gasteiger charge is 2.14. The number of hydrogen-bond donors (Lipinski definition) is 0. The van der Waals surface area contributed by atoms with E-state index in [-0.39, 0.29) is 0 Å². The summed E-state index contributed by atoms with van der Waals surface area (Å²) in [5.74, 6) is 0. The summed E-state index contributed by atoms with van der Waals surface area (Å²) in [7, 11) is 2.07. The highest BCUT2D eigenvalue weighted by molar-refractivity contribution is 8.02. The second-order valence-electron chi connectivity index (χ2n) is 4.02. The molecule has 1 fully saturated rings. The van der Waals surface area contributed by atoms with E-state index in [1.165, 1.54) is 10.7 Å². The fourth-order valence-electron chi connectivity index (χ4n) is 1.88. The molecule has 0 atom stereocenters. The van der Waals surface area contributed by atoms with Gasteiger partial charge in [-0.1, -0.05) is 0 Å². The topological polar surface area (TPSA) is 16.4 Å². The highest BCUT2D eigenvalue weighted by atomic mass is 32.2. The Kier molecular flexibility index (Phi) is 4.45. The molecule has 0 N–H and O–H groups in total. The SMILES string of the molecule is CS/C(=C\c1cccc[n+]1C)N1CCOCC1. The average molecular weight is 251 g/mol. The van der Waals surface area contributed by atoms with Crippen molar-refractivity contribution in [2.45, 2.75) is 0 Å². The fourth-order valence-corrected chi connectivity index (χ4v) is 2.56. The molecule has 0 spiro atoms. The minimum atomic E-state index is 0.832. The summed E-state index contributed by atoms with van der Waals surface area (Å²) in [6, 6.07) is 6.25. The van der Waals surface area contributed by atoms with E-state index in [9.17, 15) is 0 Å². The fraction of sp³-hybridized carbons (Fsp3) is 0.462. The number of aryl methyl sites for hydroxylation is 1. The van der Waals surface area contributed by atoms with Crippen LogP contribution in [0.25, 0.3) is 6.08 Å². The lowest BCUT2D eigenvalue weighted by Gasteiger charge is -2.29. The van der Waals surface area contributed by atoms with Gasteiger partial charge in [-0.05, 0) is 12.3 Å². The summed E-state index contributed by atoms with van der Waals surface area (Å²) in [5.41, 5.74) is 1.23. The van der Waals surface area contributed by atoms with Gasteiger partial charge in [0.15, 0.2) is 6.20 Å². The zero-order valence-corrected chi connectivity index (χ0v) is 11.2. The average Bonchev–Trinajstić information content (AvgIpc) is 2.39. The quantitative estimate of drug-likeness (QED) is 0.758. The normalized spacial score (nSPS) is 17.3. The summed E-state index contributed by atoms with van der Waals surface area (Å²) >= 11 is 1.80. The lowest BCUT2D eigenvalue weighted by molar-refractivity contribution is -0.673. The molecule has 2 heterocycles. The Morgan fingerprint density at radius 2 is 2.18 bits per heavy atom. The predicted molar refractivity (Wildman–Crippen MR) is 71.5 cm³/mol. The van der Waals surface area contributed by atoms with Crippen LogP contribution in [0.4, 0.5) is 0 Å². The van der Waals surface area contributed by atoms with Crippen LogP contribution in [-0.4, -0.2) is 37.5 Å². The van der Waals surface area contributed by atoms with Crippen LogP contribution >= 0.6 is 11.8 Å². The number of morpholine rings is 1. The van der Waals surface area contributed by atoms with Crippen molar-refractivity contribution in [1.29, 1.82) is 0 Å². The molecule has 92 valence electrons. The molecule has 0 amide bonds. The zero-order valence-electron chi connectivity index (χ0n) is 10.4. The maximum Gasteiger partial charge on any atom is 0.207 e. The van der Waals surface area contributed by atoms with Crippen molar-refractivity contribution in [1.82, 2.24) is 4.90 Å². The third-order valence-electron chi connectivity index (χ3n) is 2.90. The van der Waals surface area contributed by atoms with Gasteiger partial charge in [0, 0.05) is 31.3 Å². The van der Waals surface area contributed by atoms with Gasteiger partial charge in [0.05, 0.1) is 18.2 Å². The van der Waals surface area contributed by atoms with Gasteiger partial charge in [0.2, 0.25) is 5.69 Å². The van der Waals surface area contributed by atoms with Crippen molar-refractivity contribution < 1.29 is 9.30 Å². The van der Waals surface area contributed by atoms with Crippen LogP contribution in [0.2, 0.25) is 0 Å². The maximum absolute atomic E-state index is 5.38. The summed E-state index contributed by atoms with van der Waals surface area (Å²) in [5, 5.41) is 1.31. The molecule has 0 aromatic carbocycles. The molecule has 0 aliphatic carbocycles. The van der Waals surface area contributed by atoms with Crippen molar-refractivity contribution in [3.05, 3.63) is 35.1 Å². The van der Waals surface area contributed by atoms with Gasteiger partial charge in [0.25, 0.3) is 0 Å². The molecular weight excluding hydrogens is 232 g/mol. The zero-order chi connectivity index (χ0) is 12.1. The molecule has 4 heteroatoms. The summed E-state index contributed by atoms with van der Waals surface area (Å²) in [6.45, 7) is 3.64. The maximum atomic E-state index is 5.38. The van der Waals surface area contributed by atoms with E-state index >= 15 is 0 Å².